The van der Waals surface area contributed by atoms with Gasteiger partial charge in [0.1, 0.15) is 11.0 Å². The van der Waals surface area contributed by atoms with E-state index in [1.165, 1.54) is 4.57 Å². The highest BCUT2D eigenvalue weighted by molar-refractivity contribution is 6.04. The van der Waals surface area contributed by atoms with E-state index in [2.05, 4.69) is 9.97 Å². The van der Waals surface area contributed by atoms with Crippen LogP contribution in [-0.2, 0) is 6.54 Å². The summed E-state index contributed by atoms with van der Waals surface area (Å²) in [6, 6.07) is 6.00. The minimum Gasteiger partial charge on any atom is -0.396 e. The first-order valence-electron chi connectivity index (χ1n) is 6.29. The Balaban J connectivity index is 2.26. The number of hydrogen-bond donors (Lipinski definition) is 2. The highest BCUT2D eigenvalue weighted by Crippen LogP contribution is 2.22. The second-order valence-electron chi connectivity index (χ2n) is 4.72. The molecule has 0 aliphatic heterocycles. The van der Waals surface area contributed by atoms with Gasteiger partial charge in [-0.05, 0) is 25.0 Å². The lowest BCUT2D eigenvalue weighted by molar-refractivity contribution is 0.279. The van der Waals surface area contributed by atoms with Gasteiger partial charge in [0.05, 0.1) is 6.33 Å². The van der Waals surface area contributed by atoms with Crippen molar-refractivity contribution in [3.05, 3.63) is 40.4 Å². The number of hydrogen-bond acceptors (Lipinski definition) is 3. The van der Waals surface area contributed by atoms with Crippen LogP contribution in [0.2, 0.25) is 0 Å². The lowest BCUT2D eigenvalue weighted by Gasteiger charge is -2.02. The largest absolute Gasteiger partial charge is 0.396 e. The number of H-pyrrole nitrogens is 1. The Kier molecular flexibility index (Phi) is 2.83. The SMILES string of the molecule is Cc1ccc2c(c1)[nH]c1c(=O)n(CCCO)cnc12. The molecule has 1 aromatic carbocycles. The van der Waals surface area contributed by atoms with Gasteiger partial charge < -0.3 is 10.1 Å². The van der Waals surface area contributed by atoms with Crippen LogP contribution in [0.5, 0.6) is 0 Å². The van der Waals surface area contributed by atoms with E-state index in [-0.39, 0.29) is 12.2 Å². The van der Waals surface area contributed by atoms with Gasteiger partial charge in [0, 0.05) is 24.1 Å². The number of nitrogens with one attached hydrogen (secondary N) is 1. The van der Waals surface area contributed by atoms with Gasteiger partial charge >= 0.3 is 0 Å². The third-order valence-corrected chi connectivity index (χ3v) is 3.28. The molecule has 0 bridgehead atoms. The van der Waals surface area contributed by atoms with Crippen LogP contribution in [0.1, 0.15) is 12.0 Å². The summed E-state index contributed by atoms with van der Waals surface area (Å²) in [6.07, 6.45) is 2.10. The number of nitrogens with zero attached hydrogens (tertiary/aromatic N) is 2. The summed E-state index contributed by atoms with van der Waals surface area (Å²) in [5.74, 6) is 0. The molecule has 19 heavy (non-hydrogen) atoms. The Hall–Kier alpha value is -2.14. The van der Waals surface area contributed by atoms with Crippen LogP contribution < -0.4 is 5.56 Å². The number of aromatic amines is 1. The Morgan fingerprint density at radius 2 is 2.26 bits per heavy atom. The fraction of sp³-hybridized carbons (Fsp3) is 0.286. The van der Waals surface area contributed by atoms with Gasteiger partial charge in [-0.3, -0.25) is 9.36 Å². The quantitative estimate of drug-likeness (QED) is 0.748. The molecule has 0 saturated carbocycles. The Morgan fingerprint density at radius 3 is 3.05 bits per heavy atom. The van der Waals surface area contributed by atoms with Crippen molar-refractivity contribution < 1.29 is 5.11 Å². The first-order valence-corrected chi connectivity index (χ1v) is 6.29. The van der Waals surface area contributed by atoms with Crippen LogP contribution in [0.4, 0.5) is 0 Å². The summed E-state index contributed by atoms with van der Waals surface area (Å²) in [6.45, 7) is 2.56. The summed E-state index contributed by atoms with van der Waals surface area (Å²) in [5, 5.41) is 9.80. The number of rotatable bonds is 3. The first-order chi connectivity index (χ1) is 9.20. The second-order valence-corrected chi connectivity index (χ2v) is 4.72. The van der Waals surface area contributed by atoms with Crippen molar-refractivity contribution in [1.82, 2.24) is 14.5 Å². The Morgan fingerprint density at radius 1 is 1.42 bits per heavy atom. The molecule has 2 N–H and O–H groups in total. The van der Waals surface area contributed by atoms with Gasteiger partial charge in [-0.2, -0.15) is 0 Å². The lowest BCUT2D eigenvalue weighted by atomic mass is 10.2. The zero-order valence-corrected chi connectivity index (χ0v) is 10.7. The number of aryl methyl sites for hydroxylation is 2. The second kappa shape index (κ2) is 4.51. The van der Waals surface area contributed by atoms with Gasteiger partial charge in [0.15, 0.2) is 0 Å². The summed E-state index contributed by atoms with van der Waals surface area (Å²) in [5.41, 5.74) is 3.22. The molecule has 0 radical (unpaired) electrons. The van der Waals surface area contributed by atoms with E-state index >= 15 is 0 Å². The number of aliphatic hydroxyl groups excluding tert-OH is 1. The molecule has 3 rings (SSSR count). The molecule has 0 aliphatic carbocycles. The zero-order chi connectivity index (χ0) is 13.4. The molecule has 2 aromatic heterocycles. The highest BCUT2D eigenvalue weighted by Gasteiger charge is 2.10. The topological polar surface area (TPSA) is 70.9 Å². The van der Waals surface area contributed by atoms with Gasteiger partial charge in [-0.15, -0.1) is 0 Å². The van der Waals surface area contributed by atoms with Crippen LogP contribution in [-0.4, -0.2) is 26.2 Å². The van der Waals surface area contributed by atoms with E-state index in [0.29, 0.717) is 24.0 Å². The van der Waals surface area contributed by atoms with Crippen LogP contribution in [0.15, 0.2) is 29.3 Å². The fourth-order valence-electron chi connectivity index (χ4n) is 2.31. The maximum absolute atomic E-state index is 12.3. The first kappa shape index (κ1) is 11.9. The lowest BCUT2D eigenvalue weighted by Crippen LogP contribution is -2.21. The molecule has 5 nitrogen and oxygen atoms in total. The van der Waals surface area contributed by atoms with E-state index in [1.807, 2.05) is 25.1 Å². The van der Waals surface area contributed by atoms with E-state index in [0.717, 1.165) is 16.5 Å². The summed E-state index contributed by atoms with van der Waals surface area (Å²) in [7, 11) is 0. The number of benzene rings is 1. The normalized spacial score (nSPS) is 11.5. The monoisotopic (exact) mass is 257 g/mol. The van der Waals surface area contributed by atoms with Crippen molar-refractivity contribution in [1.29, 1.82) is 0 Å². The van der Waals surface area contributed by atoms with Crippen molar-refractivity contribution in [3.63, 3.8) is 0 Å². The molecule has 3 aromatic rings. The summed E-state index contributed by atoms with van der Waals surface area (Å²) < 4.78 is 1.53. The zero-order valence-electron chi connectivity index (χ0n) is 10.7. The number of aliphatic hydroxyl groups is 1. The van der Waals surface area contributed by atoms with Crippen LogP contribution in [0.3, 0.4) is 0 Å². The van der Waals surface area contributed by atoms with E-state index in [1.54, 1.807) is 6.33 Å². The van der Waals surface area contributed by atoms with Crippen LogP contribution >= 0.6 is 0 Å². The fourth-order valence-corrected chi connectivity index (χ4v) is 2.31. The van der Waals surface area contributed by atoms with Gasteiger partial charge in [-0.1, -0.05) is 12.1 Å². The Bertz CT molecular complexity index is 801. The van der Waals surface area contributed by atoms with Crippen molar-refractivity contribution in [2.75, 3.05) is 6.61 Å². The predicted octanol–water partition coefficient (Wildman–Crippen LogP) is 1.57. The highest BCUT2D eigenvalue weighted by atomic mass is 16.3. The molecule has 0 amide bonds. The van der Waals surface area contributed by atoms with Crippen LogP contribution in [0, 0.1) is 6.92 Å². The molecule has 0 spiro atoms. The standard InChI is InChI=1S/C14H15N3O2/c1-9-3-4-10-11(7-9)16-13-12(10)15-8-17(14(13)19)5-2-6-18/h3-4,7-8,16,18H,2,5-6H2,1H3. The van der Waals surface area contributed by atoms with Crippen molar-refractivity contribution in [3.8, 4) is 0 Å². The maximum Gasteiger partial charge on any atom is 0.277 e. The van der Waals surface area contributed by atoms with Crippen LogP contribution in [0.25, 0.3) is 21.9 Å². The van der Waals surface area contributed by atoms with E-state index < -0.39 is 0 Å². The minimum atomic E-state index is -0.0905. The average molecular weight is 257 g/mol. The van der Waals surface area contributed by atoms with Gasteiger partial charge in [-0.25, -0.2) is 4.98 Å². The molecule has 0 aliphatic rings. The maximum atomic E-state index is 12.3. The number of fused-ring (bicyclic) bond motifs is 3. The molecule has 0 unspecified atom stereocenters. The van der Waals surface area contributed by atoms with E-state index in [9.17, 15) is 4.79 Å². The van der Waals surface area contributed by atoms with Crippen molar-refractivity contribution in [2.45, 2.75) is 19.9 Å². The third-order valence-electron chi connectivity index (χ3n) is 3.28. The average Bonchev–Trinajstić information content (AvgIpc) is 2.76. The molecular weight excluding hydrogens is 242 g/mol. The Labute approximate surface area is 109 Å². The van der Waals surface area contributed by atoms with E-state index in [4.69, 9.17) is 5.11 Å². The molecule has 98 valence electrons. The minimum absolute atomic E-state index is 0.0658. The van der Waals surface area contributed by atoms with Gasteiger partial charge in [0.25, 0.3) is 5.56 Å². The number of aromatic nitrogens is 3. The summed E-state index contributed by atoms with van der Waals surface area (Å²) in [4.78, 5) is 19.8. The van der Waals surface area contributed by atoms with Crippen molar-refractivity contribution >= 4 is 21.9 Å². The molecule has 5 heteroatoms. The molecule has 0 atom stereocenters. The molecule has 2 heterocycles. The predicted molar refractivity (Wildman–Crippen MR) is 74.3 cm³/mol. The van der Waals surface area contributed by atoms with Crippen molar-refractivity contribution in [2.24, 2.45) is 0 Å². The third kappa shape index (κ3) is 1.92. The van der Waals surface area contributed by atoms with Gasteiger partial charge in [0.2, 0.25) is 0 Å². The molecule has 0 saturated heterocycles. The smallest absolute Gasteiger partial charge is 0.277 e. The molecule has 0 fully saturated rings. The summed E-state index contributed by atoms with van der Waals surface area (Å²) >= 11 is 0. The molecular formula is C14H15N3O2.